The van der Waals surface area contributed by atoms with Crippen molar-refractivity contribution in [2.24, 2.45) is 11.7 Å². The largest absolute Gasteiger partial charge is 0.366 e. The number of hydrogen-bond donors (Lipinski definition) is 2. The van der Waals surface area contributed by atoms with Gasteiger partial charge in [0.05, 0.1) is 17.2 Å². The lowest BCUT2D eigenvalue weighted by Crippen LogP contribution is -2.29. The molecule has 0 bridgehead atoms. The molecule has 134 valence electrons. The number of anilines is 2. The van der Waals surface area contributed by atoms with Gasteiger partial charge in [-0.05, 0) is 43.2 Å². The Balaban J connectivity index is 1.78. The van der Waals surface area contributed by atoms with Crippen molar-refractivity contribution in [3.8, 4) is 0 Å². The molecular formula is C20H21N3O3. The van der Waals surface area contributed by atoms with Crippen LogP contribution in [0.2, 0.25) is 0 Å². The molecule has 26 heavy (non-hydrogen) atoms. The fraction of sp³-hybridized carbons (Fsp3) is 0.250. The first kappa shape index (κ1) is 17.7. The van der Waals surface area contributed by atoms with Crippen LogP contribution in [0.4, 0.5) is 11.4 Å². The van der Waals surface area contributed by atoms with Crippen molar-refractivity contribution < 1.29 is 14.4 Å². The molecule has 1 unspecified atom stereocenters. The van der Waals surface area contributed by atoms with E-state index in [1.54, 1.807) is 29.2 Å². The summed E-state index contributed by atoms with van der Waals surface area (Å²) in [6.07, 6.45) is 0.137. The highest BCUT2D eigenvalue weighted by molar-refractivity contribution is 6.07. The fourth-order valence-corrected chi connectivity index (χ4v) is 3.17. The predicted molar refractivity (Wildman–Crippen MR) is 100.0 cm³/mol. The van der Waals surface area contributed by atoms with Gasteiger partial charge in [-0.3, -0.25) is 14.4 Å². The third kappa shape index (κ3) is 3.44. The molecule has 0 spiro atoms. The number of hydrogen-bond acceptors (Lipinski definition) is 3. The second kappa shape index (κ2) is 7.00. The number of nitrogens with two attached hydrogens (primary N) is 1. The Labute approximate surface area is 152 Å². The second-order valence-electron chi connectivity index (χ2n) is 6.59. The fourth-order valence-electron chi connectivity index (χ4n) is 3.17. The van der Waals surface area contributed by atoms with Crippen LogP contribution in [0.1, 0.15) is 27.9 Å². The summed E-state index contributed by atoms with van der Waals surface area (Å²) in [6.45, 7) is 4.22. The van der Waals surface area contributed by atoms with E-state index in [9.17, 15) is 14.4 Å². The minimum atomic E-state index is -0.611. The van der Waals surface area contributed by atoms with Crippen LogP contribution < -0.4 is 16.0 Å². The molecule has 1 heterocycles. The third-order valence-corrected chi connectivity index (χ3v) is 4.60. The van der Waals surface area contributed by atoms with Crippen molar-refractivity contribution in [2.45, 2.75) is 20.3 Å². The number of nitrogens with zero attached hydrogens (tertiary/aromatic N) is 1. The summed E-state index contributed by atoms with van der Waals surface area (Å²) >= 11 is 0. The molecule has 1 fully saturated rings. The van der Waals surface area contributed by atoms with Crippen LogP contribution >= 0.6 is 0 Å². The highest BCUT2D eigenvalue weighted by atomic mass is 16.2. The molecule has 1 saturated heterocycles. The van der Waals surface area contributed by atoms with Gasteiger partial charge in [-0.25, -0.2) is 0 Å². The summed E-state index contributed by atoms with van der Waals surface area (Å²) < 4.78 is 0. The molecule has 0 aliphatic carbocycles. The second-order valence-corrected chi connectivity index (χ2v) is 6.59. The van der Waals surface area contributed by atoms with Crippen LogP contribution in [0.25, 0.3) is 0 Å². The number of amides is 3. The maximum atomic E-state index is 12.6. The minimum Gasteiger partial charge on any atom is -0.366 e. The SMILES string of the molecule is Cc1ccc(C)c(N2CC(C(=O)Nc3ccccc3C(N)=O)CC2=O)c1. The van der Waals surface area contributed by atoms with E-state index in [0.29, 0.717) is 12.2 Å². The summed E-state index contributed by atoms with van der Waals surface area (Å²) in [6, 6.07) is 12.5. The van der Waals surface area contributed by atoms with E-state index >= 15 is 0 Å². The number of nitrogens with one attached hydrogen (secondary N) is 1. The Morgan fingerprint density at radius 3 is 2.62 bits per heavy atom. The Morgan fingerprint density at radius 1 is 1.15 bits per heavy atom. The molecule has 1 atom stereocenters. The van der Waals surface area contributed by atoms with E-state index in [2.05, 4.69) is 5.32 Å². The van der Waals surface area contributed by atoms with Gasteiger partial charge in [0.15, 0.2) is 0 Å². The zero-order valence-corrected chi connectivity index (χ0v) is 14.8. The molecule has 3 N–H and O–H groups in total. The maximum absolute atomic E-state index is 12.6. The molecule has 0 aromatic heterocycles. The number of para-hydroxylation sites is 1. The molecule has 0 radical (unpaired) electrons. The molecule has 2 aromatic rings. The highest BCUT2D eigenvalue weighted by Gasteiger charge is 2.36. The van der Waals surface area contributed by atoms with Gasteiger partial charge in [0.2, 0.25) is 11.8 Å². The molecule has 3 amide bonds. The summed E-state index contributed by atoms with van der Waals surface area (Å²) in [4.78, 5) is 38.2. The van der Waals surface area contributed by atoms with E-state index in [0.717, 1.165) is 16.8 Å². The van der Waals surface area contributed by atoms with Gasteiger partial charge < -0.3 is 16.0 Å². The van der Waals surface area contributed by atoms with Crippen LogP contribution in [-0.2, 0) is 9.59 Å². The normalized spacial score (nSPS) is 16.6. The molecule has 2 aromatic carbocycles. The monoisotopic (exact) mass is 351 g/mol. The highest BCUT2D eigenvalue weighted by Crippen LogP contribution is 2.29. The molecule has 3 rings (SSSR count). The minimum absolute atomic E-state index is 0.0814. The smallest absolute Gasteiger partial charge is 0.250 e. The first-order valence-electron chi connectivity index (χ1n) is 8.44. The number of benzene rings is 2. The number of carbonyl (C=O) groups is 3. The maximum Gasteiger partial charge on any atom is 0.250 e. The van der Waals surface area contributed by atoms with Gasteiger partial charge in [-0.2, -0.15) is 0 Å². The van der Waals surface area contributed by atoms with Gasteiger partial charge in [-0.15, -0.1) is 0 Å². The van der Waals surface area contributed by atoms with Crippen molar-refractivity contribution in [1.82, 2.24) is 0 Å². The molecule has 1 aliphatic heterocycles. The van der Waals surface area contributed by atoms with Crippen molar-refractivity contribution in [2.75, 3.05) is 16.8 Å². The molecule has 6 heteroatoms. The third-order valence-electron chi connectivity index (χ3n) is 4.60. The molecule has 6 nitrogen and oxygen atoms in total. The standard InChI is InChI=1S/C20H21N3O3/c1-12-7-8-13(2)17(9-12)23-11-14(10-18(23)24)20(26)22-16-6-4-3-5-15(16)19(21)25/h3-9,14H,10-11H2,1-2H3,(H2,21,25)(H,22,26). The van der Waals surface area contributed by atoms with Gasteiger partial charge in [0.25, 0.3) is 5.91 Å². The number of rotatable bonds is 4. The summed E-state index contributed by atoms with van der Waals surface area (Å²) in [5.41, 5.74) is 8.84. The topological polar surface area (TPSA) is 92.5 Å². The van der Waals surface area contributed by atoms with E-state index < -0.39 is 11.8 Å². The summed E-state index contributed by atoms with van der Waals surface area (Å²) in [7, 11) is 0. The lowest BCUT2D eigenvalue weighted by atomic mass is 10.1. The van der Waals surface area contributed by atoms with Gasteiger partial charge >= 0.3 is 0 Å². The van der Waals surface area contributed by atoms with Gasteiger partial charge in [0, 0.05) is 18.7 Å². The average Bonchev–Trinajstić information content (AvgIpc) is 2.99. The van der Waals surface area contributed by atoms with Gasteiger partial charge in [-0.1, -0.05) is 24.3 Å². The number of primary amides is 1. The van der Waals surface area contributed by atoms with Crippen molar-refractivity contribution in [3.63, 3.8) is 0 Å². The number of aryl methyl sites for hydroxylation is 2. The van der Waals surface area contributed by atoms with Crippen LogP contribution in [0.5, 0.6) is 0 Å². The van der Waals surface area contributed by atoms with Crippen molar-refractivity contribution in [1.29, 1.82) is 0 Å². The van der Waals surface area contributed by atoms with Gasteiger partial charge in [0.1, 0.15) is 0 Å². The van der Waals surface area contributed by atoms with E-state index in [1.165, 1.54) is 0 Å². The Morgan fingerprint density at radius 2 is 1.88 bits per heavy atom. The van der Waals surface area contributed by atoms with Crippen molar-refractivity contribution >= 4 is 29.1 Å². The lowest BCUT2D eigenvalue weighted by molar-refractivity contribution is -0.122. The molecule has 1 aliphatic rings. The van der Waals surface area contributed by atoms with Crippen LogP contribution in [-0.4, -0.2) is 24.3 Å². The Bertz CT molecular complexity index is 892. The quantitative estimate of drug-likeness (QED) is 0.886. The van der Waals surface area contributed by atoms with Crippen molar-refractivity contribution in [3.05, 3.63) is 59.2 Å². The first-order chi connectivity index (χ1) is 12.4. The number of carbonyl (C=O) groups excluding carboxylic acids is 3. The summed E-state index contributed by atoms with van der Waals surface area (Å²) in [5, 5.41) is 2.73. The Kier molecular flexibility index (Phi) is 4.75. The average molecular weight is 351 g/mol. The van der Waals surface area contributed by atoms with Crippen LogP contribution in [0.3, 0.4) is 0 Å². The van der Waals surface area contributed by atoms with E-state index in [4.69, 9.17) is 5.73 Å². The van der Waals surface area contributed by atoms with E-state index in [1.807, 2.05) is 32.0 Å². The lowest BCUT2D eigenvalue weighted by Gasteiger charge is -2.20. The molecule has 0 saturated carbocycles. The Hall–Kier alpha value is -3.15. The first-order valence-corrected chi connectivity index (χ1v) is 8.44. The predicted octanol–water partition coefficient (Wildman–Crippen LogP) is 2.39. The zero-order chi connectivity index (χ0) is 18.8. The van der Waals surface area contributed by atoms with E-state index in [-0.39, 0.29) is 23.8 Å². The van der Waals surface area contributed by atoms with Crippen LogP contribution in [0, 0.1) is 19.8 Å². The summed E-state index contributed by atoms with van der Waals surface area (Å²) in [5.74, 6) is -1.47. The zero-order valence-electron chi connectivity index (χ0n) is 14.8. The van der Waals surface area contributed by atoms with Crippen LogP contribution in [0.15, 0.2) is 42.5 Å². The molecular weight excluding hydrogens is 330 g/mol.